The van der Waals surface area contributed by atoms with E-state index in [1.165, 1.54) is 11.6 Å². The largest absolute Gasteiger partial charge is 0.486 e. The Morgan fingerprint density at radius 3 is 2.33 bits per heavy atom. The fraction of sp³-hybridized carbons (Fsp3) is 0.241. The molecule has 0 saturated heterocycles. The van der Waals surface area contributed by atoms with Crippen LogP contribution in [0.3, 0.4) is 0 Å². The van der Waals surface area contributed by atoms with Crippen LogP contribution < -0.4 is 5.19 Å². The second-order valence-electron chi connectivity index (χ2n) is 17.7. The molecule has 0 N–H and O–H groups in total. The van der Waals surface area contributed by atoms with Crippen molar-refractivity contribution in [1.82, 2.24) is 19.5 Å². The Hall–Kier alpha value is -5.46. The minimum atomic E-state index is -2.16. The van der Waals surface area contributed by atoms with Gasteiger partial charge in [-0.1, -0.05) is 144 Å². The molecule has 0 bridgehead atoms. The van der Waals surface area contributed by atoms with E-state index in [9.17, 15) is 0 Å². The van der Waals surface area contributed by atoms with Gasteiger partial charge >= 0.3 is 0 Å². The average molecular weight is 1000 g/mol. The van der Waals surface area contributed by atoms with Gasteiger partial charge in [-0.2, -0.15) is 0 Å². The SMILES string of the molecule is Cc1ccc2c(n1)oc1c(-c3nc4ccccc4n3-c3c(-c4ccccc4)cccc3C(C)(C)C)[c-]ccc12.[2H]C([2H])([2H])c1c[c-]c(-c2cc(C([2H])([2H])C(C)C)c([Si](C)(C)C)cn2)cc1.[Ir]. The molecule has 4 heterocycles. The number of aryl methyl sites for hydroxylation is 2. The van der Waals surface area contributed by atoms with Gasteiger partial charge in [-0.3, -0.25) is 4.98 Å². The van der Waals surface area contributed by atoms with Crippen LogP contribution in [0, 0.1) is 31.8 Å². The van der Waals surface area contributed by atoms with Gasteiger partial charge in [0.05, 0.1) is 36.2 Å². The number of nitrogens with zero attached hydrogens (tertiary/aromatic N) is 4. The molecule has 5 aromatic carbocycles. The van der Waals surface area contributed by atoms with Crippen LogP contribution in [0.5, 0.6) is 0 Å². The molecule has 0 aliphatic rings. The number of para-hydroxylation sites is 3. The molecule has 0 unspecified atom stereocenters. The van der Waals surface area contributed by atoms with Crippen molar-refractivity contribution in [3.63, 3.8) is 0 Å². The zero-order valence-corrected chi connectivity index (χ0v) is 39.6. The minimum absolute atomic E-state index is 0. The van der Waals surface area contributed by atoms with Gasteiger partial charge < -0.3 is 14.0 Å². The summed E-state index contributed by atoms with van der Waals surface area (Å²) in [5, 5.41) is 3.02. The molecule has 1 radical (unpaired) electrons. The Morgan fingerprint density at radius 1 is 0.852 bits per heavy atom. The number of imidazole rings is 1. The van der Waals surface area contributed by atoms with Crippen molar-refractivity contribution in [1.29, 1.82) is 0 Å². The number of rotatable bonds is 7. The van der Waals surface area contributed by atoms with Crippen molar-refractivity contribution >= 4 is 46.4 Å². The smallest absolute Gasteiger partial charge is 0.216 e. The van der Waals surface area contributed by atoms with Crippen molar-refractivity contribution in [2.45, 2.75) is 79.8 Å². The average Bonchev–Trinajstić information content (AvgIpc) is 3.83. The quantitative estimate of drug-likeness (QED) is 0.118. The Balaban J connectivity index is 0.000000211. The van der Waals surface area contributed by atoms with Gasteiger partial charge in [0.25, 0.3) is 0 Å². The molecular formula is C54H54IrN4OSi-2. The summed E-state index contributed by atoms with van der Waals surface area (Å²) in [6.45, 7) is 16.9. The van der Waals surface area contributed by atoms with Crippen LogP contribution in [0.15, 0.2) is 132 Å². The van der Waals surface area contributed by atoms with Gasteiger partial charge in [-0.25, -0.2) is 4.98 Å². The molecule has 0 aliphatic carbocycles. The molecule has 0 amide bonds. The topological polar surface area (TPSA) is 56.7 Å². The van der Waals surface area contributed by atoms with Crippen LogP contribution in [0.2, 0.25) is 19.6 Å². The monoisotopic (exact) mass is 1000 g/mol. The van der Waals surface area contributed by atoms with Crippen molar-refractivity contribution in [3.05, 3.63) is 162 Å². The molecule has 0 spiro atoms. The van der Waals surface area contributed by atoms with Crippen LogP contribution >= 0.6 is 0 Å². The number of fused-ring (bicyclic) bond motifs is 4. The second-order valence-corrected chi connectivity index (χ2v) is 22.8. The van der Waals surface area contributed by atoms with Crippen molar-refractivity contribution in [2.75, 3.05) is 0 Å². The van der Waals surface area contributed by atoms with Gasteiger partial charge in [0.15, 0.2) is 0 Å². The van der Waals surface area contributed by atoms with Crippen LogP contribution in [0.25, 0.3) is 72.6 Å². The van der Waals surface area contributed by atoms with Crippen LogP contribution in [0.1, 0.15) is 63.9 Å². The summed E-state index contributed by atoms with van der Waals surface area (Å²) in [5.41, 5.74) is 11.8. The molecule has 0 atom stereocenters. The van der Waals surface area contributed by atoms with E-state index in [-0.39, 0.29) is 37.0 Å². The van der Waals surface area contributed by atoms with E-state index < -0.39 is 21.3 Å². The Bertz CT molecular complexity index is 3180. The van der Waals surface area contributed by atoms with Crippen molar-refractivity contribution < 1.29 is 31.4 Å². The first-order valence-corrected chi connectivity index (χ1v) is 24.1. The maximum atomic E-state index is 8.59. The Morgan fingerprint density at radius 2 is 1.62 bits per heavy atom. The van der Waals surface area contributed by atoms with E-state index in [1.54, 1.807) is 18.3 Å². The Labute approximate surface area is 382 Å². The predicted octanol–water partition coefficient (Wildman–Crippen LogP) is 13.7. The first-order chi connectivity index (χ1) is 30.6. The summed E-state index contributed by atoms with van der Waals surface area (Å²) >= 11 is 0. The minimum Gasteiger partial charge on any atom is -0.486 e. The molecule has 0 fully saturated rings. The van der Waals surface area contributed by atoms with Gasteiger partial charge in [0, 0.05) is 49.8 Å². The van der Waals surface area contributed by atoms with Gasteiger partial charge in [-0.15, -0.1) is 53.6 Å². The van der Waals surface area contributed by atoms with E-state index >= 15 is 0 Å². The molecule has 311 valence electrons. The summed E-state index contributed by atoms with van der Waals surface area (Å²) in [6, 6.07) is 46.6. The fourth-order valence-electron chi connectivity index (χ4n) is 7.76. The molecule has 0 aliphatic heterocycles. The second kappa shape index (κ2) is 17.5. The van der Waals surface area contributed by atoms with Gasteiger partial charge in [0.1, 0.15) is 0 Å². The molecule has 9 rings (SSSR count). The molecule has 7 heteroatoms. The summed E-state index contributed by atoms with van der Waals surface area (Å²) in [7, 11) is -1.78. The van der Waals surface area contributed by atoms with E-state index in [1.807, 2.05) is 51.1 Å². The van der Waals surface area contributed by atoms with Crippen LogP contribution in [0.4, 0.5) is 0 Å². The van der Waals surface area contributed by atoms with Crippen molar-refractivity contribution in [3.8, 4) is 39.5 Å². The third-order valence-corrected chi connectivity index (χ3v) is 12.6. The number of aromatic nitrogens is 4. The van der Waals surface area contributed by atoms with Crippen LogP contribution in [-0.4, -0.2) is 27.6 Å². The predicted molar refractivity (Wildman–Crippen MR) is 254 cm³/mol. The van der Waals surface area contributed by atoms with Gasteiger partial charge in [-0.05, 0) is 70.9 Å². The first-order valence-electron chi connectivity index (χ1n) is 23.1. The number of hydrogen-bond acceptors (Lipinski definition) is 4. The van der Waals surface area contributed by atoms with E-state index in [4.69, 9.17) is 16.3 Å². The molecule has 4 aromatic heterocycles. The van der Waals surface area contributed by atoms with E-state index in [2.05, 4.69) is 140 Å². The maximum Gasteiger partial charge on any atom is 0.216 e. The molecule has 61 heavy (non-hydrogen) atoms. The molecular weight excluding hydrogens is 941 g/mol. The summed E-state index contributed by atoms with van der Waals surface area (Å²) < 4.78 is 48.3. The van der Waals surface area contributed by atoms with Crippen molar-refractivity contribution in [2.24, 2.45) is 5.92 Å². The normalized spacial score (nSPS) is 13.5. The summed E-state index contributed by atoms with van der Waals surface area (Å²) in [5.74, 6) is 0.626. The fourth-order valence-corrected chi connectivity index (χ4v) is 9.16. The summed E-state index contributed by atoms with van der Waals surface area (Å²) in [4.78, 5) is 14.4. The third kappa shape index (κ3) is 8.97. The zero-order chi connectivity index (χ0) is 46.6. The standard InChI is InChI=1S/C35H28N3O.C19H26NSi.Ir/c1-22-20-21-26-25-15-10-16-27(32(25)39-34(26)36-22)33-37-29-18-8-9-19-30(29)38(33)31-24(23-12-6-5-7-13-23)14-11-17-28(31)35(2,3)4;1-14(2)11-17-12-18(16-9-7-15(3)8-10-16)20-13-19(17)21(4,5)6;/h5-15,17-21H,1-4H3;7-9,12-14H,11H2,1-6H3;/q2*-1;/i;3D3,11D2;. The third-order valence-electron chi connectivity index (χ3n) is 10.6. The van der Waals surface area contributed by atoms with E-state index in [0.717, 1.165) is 66.5 Å². The first kappa shape index (κ1) is 37.3. The van der Waals surface area contributed by atoms with Gasteiger partial charge in [0.2, 0.25) is 5.71 Å². The number of benzene rings is 5. The Kier molecular flexibility index (Phi) is 10.7. The molecule has 0 saturated carbocycles. The molecule has 5 nitrogen and oxygen atoms in total. The summed E-state index contributed by atoms with van der Waals surface area (Å²) in [6.07, 6.45) is 0.328. The number of pyridine rings is 2. The maximum absolute atomic E-state index is 8.59. The zero-order valence-electron chi connectivity index (χ0n) is 41.2. The van der Waals surface area contributed by atoms with Crippen LogP contribution in [-0.2, 0) is 31.9 Å². The van der Waals surface area contributed by atoms with E-state index in [0.29, 0.717) is 22.5 Å². The number of hydrogen-bond donors (Lipinski definition) is 0. The number of furan rings is 1. The molecule has 9 aromatic rings.